The van der Waals surface area contributed by atoms with E-state index < -0.39 is 0 Å². The van der Waals surface area contributed by atoms with Gasteiger partial charge in [-0.3, -0.25) is 0 Å². The molecule has 0 unspecified atom stereocenters. The predicted molar refractivity (Wildman–Crippen MR) is 330 cm³/mol. The molecule has 0 aliphatic rings. The van der Waals surface area contributed by atoms with Gasteiger partial charge in [0.2, 0.25) is 0 Å². The molecule has 8 aromatic carbocycles. The molecule has 78 heavy (non-hydrogen) atoms. The van der Waals surface area contributed by atoms with Gasteiger partial charge in [0.05, 0.1) is 22.8 Å². The van der Waals surface area contributed by atoms with Gasteiger partial charge < -0.3 is 0 Å². The Kier molecular flexibility index (Phi) is 18.0. The van der Waals surface area contributed by atoms with Crippen LogP contribution in [0, 0.1) is 13.8 Å². The molecule has 10 aromatic rings. The van der Waals surface area contributed by atoms with Crippen molar-refractivity contribution in [3.63, 3.8) is 0 Å². The van der Waals surface area contributed by atoms with Gasteiger partial charge in [-0.05, 0) is 126 Å². The predicted octanol–water partition coefficient (Wildman–Crippen LogP) is 20.7. The highest BCUT2D eigenvalue weighted by Gasteiger charge is 2.18. The summed E-state index contributed by atoms with van der Waals surface area (Å²) in [5.74, 6) is 1.41. The van der Waals surface area contributed by atoms with E-state index in [0.717, 1.165) is 85.7 Å². The molecule has 0 saturated heterocycles. The first-order chi connectivity index (χ1) is 38.4. The number of unbranched alkanes of at least 4 members (excludes halogenated alkanes) is 10. The number of hydrogen-bond acceptors (Lipinski definition) is 4. The van der Waals surface area contributed by atoms with E-state index >= 15 is 0 Å². The Labute approximate surface area is 464 Å². The molecule has 0 amide bonds. The number of aryl methyl sites for hydroxylation is 4. The second-order valence-corrected chi connectivity index (χ2v) is 21.3. The van der Waals surface area contributed by atoms with Gasteiger partial charge in [0.25, 0.3) is 0 Å². The van der Waals surface area contributed by atoms with E-state index in [2.05, 4.69) is 228 Å². The molecule has 0 spiro atoms. The maximum atomic E-state index is 5.40. The SMILES string of the molecule is CCCCCCCCc1cc(-c2cc(-c3ccc(-c4cc(-c5cccc(-c6ccc(C)cc6)c5)nc(-c5ccccc5)n4)cc3)cc(-c3nc(-c4ccccc4)cc(-c4ccccc4)n3)c2)c(CCCCCCCC)cc1C. The zero-order chi connectivity index (χ0) is 53.5. The average Bonchev–Trinajstić information content (AvgIpc) is 3.52. The zero-order valence-electron chi connectivity index (χ0n) is 46.3. The minimum Gasteiger partial charge on any atom is -0.228 e. The first kappa shape index (κ1) is 53.3. The van der Waals surface area contributed by atoms with Gasteiger partial charge in [-0.2, -0.15) is 0 Å². The molecule has 4 heteroatoms. The smallest absolute Gasteiger partial charge is 0.160 e. The van der Waals surface area contributed by atoms with Crippen LogP contribution in [0.2, 0.25) is 0 Å². The maximum Gasteiger partial charge on any atom is 0.160 e. The van der Waals surface area contributed by atoms with Crippen LogP contribution in [0.1, 0.15) is 113 Å². The average molecular weight is 1020 g/mol. The van der Waals surface area contributed by atoms with Crippen molar-refractivity contribution in [2.75, 3.05) is 0 Å². The fourth-order valence-electron chi connectivity index (χ4n) is 10.8. The largest absolute Gasteiger partial charge is 0.228 e. The molecule has 0 fully saturated rings. The van der Waals surface area contributed by atoms with E-state index in [-0.39, 0.29) is 0 Å². The van der Waals surface area contributed by atoms with Gasteiger partial charge in [-0.25, -0.2) is 19.9 Å². The third-order valence-electron chi connectivity index (χ3n) is 15.3. The Balaban J connectivity index is 1.09. The lowest BCUT2D eigenvalue weighted by molar-refractivity contribution is 0.605. The fourth-order valence-corrected chi connectivity index (χ4v) is 10.8. The Morgan fingerprint density at radius 1 is 0.269 bits per heavy atom. The van der Waals surface area contributed by atoms with Gasteiger partial charge in [-0.1, -0.05) is 253 Å². The fraction of sp³-hybridized carbons (Fsp3) is 0.243. The van der Waals surface area contributed by atoms with Crippen molar-refractivity contribution in [1.82, 2.24) is 19.9 Å². The summed E-state index contributed by atoms with van der Waals surface area (Å²) in [6, 6.07) is 74.1. The van der Waals surface area contributed by atoms with E-state index in [1.807, 2.05) is 6.07 Å². The molecule has 0 saturated carbocycles. The number of rotatable bonds is 23. The van der Waals surface area contributed by atoms with E-state index in [1.54, 1.807) is 0 Å². The molecule has 390 valence electrons. The van der Waals surface area contributed by atoms with Crippen molar-refractivity contribution in [3.05, 3.63) is 229 Å². The lowest BCUT2D eigenvalue weighted by Crippen LogP contribution is -2.00. The molecule has 4 nitrogen and oxygen atoms in total. The van der Waals surface area contributed by atoms with Crippen molar-refractivity contribution >= 4 is 0 Å². The summed E-state index contributed by atoms with van der Waals surface area (Å²) in [6.45, 7) is 9.06. The maximum absolute atomic E-state index is 5.40. The molecule has 0 bridgehead atoms. The van der Waals surface area contributed by atoms with E-state index in [9.17, 15) is 0 Å². The molecule has 2 aromatic heterocycles. The van der Waals surface area contributed by atoms with Crippen molar-refractivity contribution in [2.24, 2.45) is 0 Å². The summed E-state index contributed by atoms with van der Waals surface area (Å²) in [5.41, 5.74) is 22.4. The Bertz CT molecular complexity index is 3470. The van der Waals surface area contributed by atoms with Gasteiger partial charge in [0, 0.05) is 33.4 Å². The summed E-state index contributed by atoms with van der Waals surface area (Å²) in [7, 11) is 0. The number of hydrogen-bond donors (Lipinski definition) is 0. The molecule has 0 aliphatic heterocycles. The Hall–Kier alpha value is -8.08. The van der Waals surface area contributed by atoms with Crippen LogP contribution in [0.25, 0.3) is 101 Å². The summed E-state index contributed by atoms with van der Waals surface area (Å²) in [4.78, 5) is 21.3. The van der Waals surface area contributed by atoms with E-state index in [0.29, 0.717) is 11.6 Å². The van der Waals surface area contributed by atoms with Crippen LogP contribution in [-0.4, -0.2) is 19.9 Å². The second-order valence-electron chi connectivity index (χ2n) is 21.3. The molecule has 10 rings (SSSR count). The Morgan fingerprint density at radius 3 is 1.24 bits per heavy atom. The number of benzene rings is 8. The number of aromatic nitrogens is 4. The highest BCUT2D eigenvalue weighted by molar-refractivity contribution is 5.84. The standard InChI is InChI=1S/C74H74N4/c1-5-7-9-11-13-18-33-61-50-68(63(45-54(61)4)34-19-14-12-10-8-6-2)66-47-65(48-67(49-66)74-76-69(57-27-20-15-21-28-57)51-70(77-74)58-29-22-16-23-30-58)56-41-43-59(44-42-56)71-52-72(78-73(75-71)60-31-24-17-25-32-60)64-36-26-35-62(46-64)55-39-37-53(3)38-40-55/h15-17,20-32,35-52H,5-14,18-19,33-34H2,1-4H3. The lowest BCUT2D eigenvalue weighted by atomic mass is 9.87. The Morgan fingerprint density at radius 2 is 0.667 bits per heavy atom. The van der Waals surface area contributed by atoms with Crippen molar-refractivity contribution in [1.29, 1.82) is 0 Å². The minimum absolute atomic E-state index is 0.698. The van der Waals surface area contributed by atoms with Crippen LogP contribution in [0.5, 0.6) is 0 Å². The van der Waals surface area contributed by atoms with Crippen molar-refractivity contribution in [3.8, 4) is 101 Å². The summed E-state index contributed by atoms with van der Waals surface area (Å²) in [5, 5.41) is 0. The zero-order valence-corrected chi connectivity index (χ0v) is 46.3. The van der Waals surface area contributed by atoms with Crippen LogP contribution in [0.3, 0.4) is 0 Å². The highest BCUT2D eigenvalue weighted by Crippen LogP contribution is 2.39. The van der Waals surface area contributed by atoms with E-state index in [4.69, 9.17) is 19.9 Å². The van der Waals surface area contributed by atoms with Crippen LogP contribution < -0.4 is 0 Å². The van der Waals surface area contributed by atoms with Crippen molar-refractivity contribution in [2.45, 2.75) is 118 Å². The monoisotopic (exact) mass is 1020 g/mol. The number of nitrogens with zero attached hydrogens (tertiary/aromatic N) is 4. The van der Waals surface area contributed by atoms with Gasteiger partial charge in [0.1, 0.15) is 0 Å². The summed E-state index contributed by atoms with van der Waals surface area (Å²) < 4.78 is 0. The second kappa shape index (κ2) is 26.3. The summed E-state index contributed by atoms with van der Waals surface area (Å²) >= 11 is 0. The van der Waals surface area contributed by atoms with Crippen molar-refractivity contribution < 1.29 is 0 Å². The van der Waals surface area contributed by atoms with Gasteiger partial charge >= 0.3 is 0 Å². The van der Waals surface area contributed by atoms with Crippen LogP contribution in [0.15, 0.2) is 206 Å². The third-order valence-corrected chi connectivity index (χ3v) is 15.3. The molecule has 2 heterocycles. The quantitative estimate of drug-likeness (QED) is 0.0599. The van der Waals surface area contributed by atoms with Crippen LogP contribution in [0.4, 0.5) is 0 Å². The first-order valence-electron chi connectivity index (χ1n) is 28.9. The molecule has 0 N–H and O–H groups in total. The summed E-state index contributed by atoms with van der Waals surface area (Å²) in [6.07, 6.45) is 17.4. The molecule has 0 atom stereocenters. The molecular weight excluding hydrogens is 945 g/mol. The first-order valence-corrected chi connectivity index (χ1v) is 28.9. The normalized spacial score (nSPS) is 11.3. The van der Waals surface area contributed by atoms with Gasteiger partial charge in [0.15, 0.2) is 11.6 Å². The lowest BCUT2D eigenvalue weighted by Gasteiger charge is -2.18. The molecular formula is C74H74N4. The molecule has 0 radical (unpaired) electrons. The van der Waals surface area contributed by atoms with E-state index in [1.165, 1.54) is 116 Å². The van der Waals surface area contributed by atoms with Gasteiger partial charge in [-0.15, -0.1) is 0 Å². The van der Waals surface area contributed by atoms with Crippen LogP contribution in [-0.2, 0) is 12.8 Å². The van der Waals surface area contributed by atoms with Crippen LogP contribution >= 0.6 is 0 Å². The molecule has 0 aliphatic carbocycles. The highest BCUT2D eigenvalue weighted by atomic mass is 14.9. The third kappa shape index (κ3) is 13.5. The topological polar surface area (TPSA) is 51.6 Å². The minimum atomic E-state index is 0.698.